The summed E-state index contributed by atoms with van der Waals surface area (Å²) in [6, 6.07) is 16.4. The van der Waals surface area contributed by atoms with Gasteiger partial charge in [-0.05, 0) is 37.4 Å². The Labute approximate surface area is 123 Å². The third kappa shape index (κ3) is 3.08. The van der Waals surface area contributed by atoms with Crippen molar-refractivity contribution < 1.29 is 9.47 Å². The molecule has 0 saturated carbocycles. The zero-order valence-corrected chi connectivity index (χ0v) is 12.2. The van der Waals surface area contributed by atoms with Crippen molar-refractivity contribution in [1.82, 2.24) is 5.32 Å². The minimum Gasteiger partial charge on any atom is -0.486 e. The maximum absolute atomic E-state index is 5.95. The van der Waals surface area contributed by atoms with Gasteiger partial charge in [0.05, 0.1) is 0 Å². The third-order valence-electron chi connectivity index (χ3n) is 3.04. The lowest BCUT2D eigenvalue weighted by Crippen LogP contribution is -2.37. The second-order valence-electron chi connectivity index (χ2n) is 4.63. The summed E-state index contributed by atoms with van der Waals surface area (Å²) in [6.07, 6.45) is 0.0736. The van der Waals surface area contributed by atoms with Gasteiger partial charge in [-0.1, -0.05) is 30.0 Å². The van der Waals surface area contributed by atoms with Crippen molar-refractivity contribution in [3.05, 3.63) is 48.5 Å². The SMILES string of the molecule is CNCC1COc2ccc(Sc3ccccc3)cc2O1. The maximum atomic E-state index is 5.95. The molecule has 3 nitrogen and oxygen atoms in total. The fourth-order valence-corrected chi connectivity index (χ4v) is 2.98. The number of fused-ring (bicyclic) bond motifs is 1. The van der Waals surface area contributed by atoms with Crippen LogP contribution in [0.4, 0.5) is 0 Å². The number of rotatable bonds is 4. The zero-order valence-electron chi connectivity index (χ0n) is 11.3. The standard InChI is InChI=1S/C16H17NO2S/c1-17-10-12-11-18-15-8-7-14(9-16(15)19-12)20-13-5-3-2-4-6-13/h2-9,12,17H,10-11H2,1H3. The van der Waals surface area contributed by atoms with Crippen LogP contribution in [0.5, 0.6) is 11.5 Å². The van der Waals surface area contributed by atoms with E-state index in [0.29, 0.717) is 6.61 Å². The van der Waals surface area contributed by atoms with Gasteiger partial charge in [0.1, 0.15) is 12.7 Å². The average molecular weight is 287 g/mol. The van der Waals surface area contributed by atoms with Crippen LogP contribution in [0.3, 0.4) is 0 Å². The average Bonchev–Trinajstić information content (AvgIpc) is 2.48. The van der Waals surface area contributed by atoms with Crippen LogP contribution in [-0.4, -0.2) is 26.3 Å². The van der Waals surface area contributed by atoms with Gasteiger partial charge in [0.25, 0.3) is 0 Å². The van der Waals surface area contributed by atoms with E-state index in [-0.39, 0.29) is 6.10 Å². The Morgan fingerprint density at radius 2 is 1.95 bits per heavy atom. The highest BCUT2D eigenvalue weighted by Gasteiger charge is 2.20. The molecule has 1 aliphatic rings. The smallest absolute Gasteiger partial charge is 0.162 e. The van der Waals surface area contributed by atoms with Gasteiger partial charge in [-0.3, -0.25) is 0 Å². The highest BCUT2D eigenvalue weighted by atomic mass is 32.2. The minimum absolute atomic E-state index is 0.0736. The van der Waals surface area contributed by atoms with Crippen molar-refractivity contribution in [2.75, 3.05) is 20.2 Å². The molecule has 2 aromatic rings. The molecule has 1 heterocycles. The van der Waals surface area contributed by atoms with Crippen molar-refractivity contribution in [1.29, 1.82) is 0 Å². The number of hydrogen-bond donors (Lipinski definition) is 1. The molecule has 0 spiro atoms. The Morgan fingerprint density at radius 3 is 2.75 bits per heavy atom. The predicted molar refractivity (Wildman–Crippen MR) is 80.8 cm³/mol. The van der Waals surface area contributed by atoms with Crippen molar-refractivity contribution in [2.24, 2.45) is 0 Å². The summed E-state index contributed by atoms with van der Waals surface area (Å²) in [4.78, 5) is 2.37. The van der Waals surface area contributed by atoms with E-state index in [4.69, 9.17) is 9.47 Å². The minimum atomic E-state index is 0.0736. The lowest BCUT2D eigenvalue weighted by Gasteiger charge is -2.26. The number of hydrogen-bond acceptors (Lipinski definition) is 4. The van der Waals surface area contributed by atoms with Gasteiger partial charge < -0.3 is 14.8 Å². The van der Waals surface area contributed by atoms with Crippen LogP contribution in [0.15, 0.2) is 58.3 Å². The molecule has 0 aliphatic carbocycles. The van der Waals surface area contributed by atoms with Gasteiger partial charge in [-0.25, -0.2) is 0 Å². The lowest BCUT2D eigenvalue weighted by molar-refractivity contribution is 0.0915. The van der Waals surface area contributed by atoms with E-state index >= 15 is 0 Å². The first kappa shape index (κ1) is 13.3. The topological polar surface area (TPSA) is 30.5 Å². The quantitative estimate of drug-likeness (QED) is 0.935. The predicted octanol–water partition coefficient (Wildman–Crippen LogP) is 3.20. The highest BCUT2D eigenvalue weighted by molar-refractivity contribution is 7.99. The molecule has 1 N–H and O–H groups in total. The van der Waals surface area contributed by atoms with Crippen molar-refractivity contribution >= 4 is 11.8 Å². The lowest BCUT2D eigenvalue weighted by atomic mass is 10.2. The van der Waals surface area contributed by atoms with E-state index in [1.165, 1.54) is 4.90 Å². The molecule has 0 saturated heterocycles. The largest absolute Gasteiger partial charge is 0.486 e. The van der Waals surface area contributed by atoms with Crippen molar-refractivity contribution in [3.8, 4) is 11.5 Å². The molecule has 104 valence electrons. The van der Waals surface area contributed by atoms with E-state index in [2.05, 4.69) is 29.6 Å². The molecule has 1 unspecified atom stereocenters. The summed E-state index contributed by atoms with van der Waals surface area (Å²) >= 11 is 1.72. The molecule has 0 radical (unpaired) electrons. The van der Waals surface area contributed by atoms with Crippen LogP contribution >= 0.6 is 11.8 Å². The van der Waals surface area contributed by atoms with Crippen LogP contribution in [0, 0.1) is 0 Å². The summed E-state index contributed by atoms with van der Waals surface area (Å²) in [6.45, 7) is 1.38. The van der Waals surface area contributed by atoms with Gasteiger partial charge in [0.2, 0.25) is 0 Å². The monoisotopic (exact) mass is 287 g/mol. The Balaban J connectivity index is 1.77. The molecule has 0 fully saturated rings. The van der Waals surface area contributed by atoms with Gasteiger partial charge in [-0.2, -0.15) is 0 Å². The molecule has 2 aromatic carbocycles. The number of benzene rings is 2. The van der Waals surface area contributed by atoms with Gasteiger partial charge in [0.15, 0.2) is 11.5 Å². The fraction of sp³-hybridized carbons (Fsp3) is 0.250. The second kappa shape index (κ2) is 6.20. The molecular weight excluding hydrogens is 270 g/mol. The molecule has 1 atom stereocenters. The van der Waals surface area contributed by atoms with Gasteiger partial charge in [-0.15, -0.1) is 0 Å². The molecule has 4 heteroatoms. The normalized spacial score (nSPS) is 16.9. The Bertz CT molecular complexity index is 574. The van der Waals surface area contributed by atoms with E-state index in [1.807, 2.05) is 31.3 Å². The summed E-state index contributed by atoms with van der Waals surface area (Å²) in [5.41, 5.74) is 0. The maximum Gasteiger partial charge on any atom is 0.162 e. The fourth-order valence-electron chi connectivity index (χ4n) is 2.11. The van der Waals surface area contributed by atoms with Crippen molar-refractivity contribution in [2.45, 2.75) is 15.9 Å². The summed E-state index contributed by atoms with van der Waals surface area (Å²) < 4.78 is 11.7. The first-order chi connectivity index (χ1) is 9.85. The van der Waals surface area contributed by atoms with Crippen LogP contribution < -0.4 is 14.8 Å². The molecule has 0 bridgehead atoms. The summed E-state index contributed by atoms with van der Waals surface area (Å²) in [5, 5.41) is 3.11. The molecule has 0 aromatic heterocycles. The third-order valence-corrected chi connectivity index (χ3v) is 4.04. The second-order valence-corrected chi connectivity index (χ2v) is 5.78. The number of ether oxygens (including phenoxy) is 2. The van der Waals surface area contributed by atoms with E-state index < -0.39 is 0 Å². The molecule has 20 heavy (non-hydrogen) atoms. The molecule has 1 aliphatic heterocycles. The van der Waals surface area contributed by atoms with E-state index in [9.17, 15) is 0 Å². The summed E-state index contributed by atoms with van der Waals surface area (Å²) in [7, 11) is 1.92. The Morgan fingerprint density at radius 1 is 1.10 bits per heavy atom. The number of likely N-dealkylation sites (N-methyl/N-ethyl adjacent to an activating group) is 1. The van der Waals surface area contributed by atoms with Crippen LogP contribution in [0.25, 0.3) is 0 Å². The molecule has 3 rings (SSSR count). The summed E-state index contributed by atoms with van der Waals surface area (Å²) in [5.74, 6) is 1.66. The van der Waals surface area contributed by atoms with Gasteiger partial charge >= 0.3 is 0 Å². The molecule has 0 amide bonds. The van der Waals surface area contributed by atoms with Crippen LogP contribution in [0.2, 0.25) is 0 Å². The highest BCUT2D eigenvalue weighted by Crippen LogP contribution is 2.37. The Hall–Kier alpha value is -1.65. The van der Waals surface area contributed by atoms with Crippen molar-refractivity contribution in [3.63, 3.8) is 0 Å². The Kier molecular flexibility index (Phi) is 4.14. The first-order valence-electron chi connectivity index (χ1n) is 6.66. The first-order valence-corrected chi connectivity index (χ1v) is 7.48. The van der Waals surface area contributed by atoms with Crippen LogP contribution in [-0.2, 0) is 0 Å². The molecular formula is C16H17NO2S. The van der Waals surface area contributed by atoms with Crippen LogP contribution in [0.1, 0.15) is 0 Å². The number of nitrogens with one attached hydrogen (secondary N) is 1. The van der Waals surface area contributed by atoms with Gasteiger partial charge in [0, 0.05) is 16.3 Å². The zero-order chi connectivity index (χ0) is 13.8. The van der Waals surface area contributed by atoms with E-state index in [0.717, 1.165) is 22.9 Å². The van der Waals surface area contributed by atoms with E-state index in [1.54, 1.807) is 11.8 Å².